The molecule has 0 spiro atoms. The molecule has 35 heavy (non-hydrogen) atoms. The summed E-state index contributed by atoms with van der Waals surface area (Å²) in [7, 11) is 0. The third-order valence-corrected chi connectivity index (χ3v) is 6.22. The van der Waals surface area contributed by atoms with Gasteiger partial charge in [-0.15, -0.1) is 0 Å². The Morgan fingerprint density at radius 2 is 1.74 bits per heavy atom. The van der Waals surface area contributed by atoms with E-state index in [0.29, 0.717) is 49.5 Å². The first-order valence-electron chi connectivity index (χ1n) is 11.3. The number of benzene rings is 1. The molecule has 1 aliphatic carbocycles. The topological polar surface area (TPSA) is 96.8 Å². The number of rotatable bonds is 5. The fraction of sp³-hybridized carbons (Fsp3) is 0.269. The average molecular weight is 477 g/mol. The Hall–Kier alpha value is -4.14. The van der Waals surface area contributed by atoms with Crippen molar-refractivity contribution >= 4 is 39.8 Å². The zero-order valence-corrected chi connectivity index (χ0v) is 19.4. The quantitative estimate of drug-likeness (QED) is 0.284. The summed E-state index contributed by atoms with van der Waals surface area (Å²) in [6.45, 7) is 5.70. The Kier molecular flexibility index (Phi) is 6.59. The highest BCUT2D eigenvalue weighted by atomic mass is 19.1. The Morgan fingerprint density at radius 3 is 2.37 bits per heavy atom. The molecule has 0 unspecified atom stereocenters. The third-order valence-electron chi connectivity index (χ3n) is 6.22. The minimum atomic E-state index is -0.687. The van der Waals surface area contributed by atoms with E-state index in [1.165, 1.54) is 25.3 Å². The van der Waals surface area contributed by atoms with Crippen LogP contribution in [0.15, 0.2) is 59.1 Å². The van der Waals surface area contributed by atoms with Gasteiger partial charge in [0.25, 0.3) is 0 Å². The Morgan fingerprint density at radius 1 is 1.03 bits per heavy atom. The zero-order chi connectivity index (χ0) is 25.3. The Labute approximate surface area is 200 Å². The van der Waals surface area contributed by atoms with Crippen LogP contribution in [0.25, 0.3) is 10.9 Å². The van der Waals surface area contributed by atoms with Crippen LogP contribution in [0.2, 0.25) is 0 Å². The molecule has 0 bridgehead atoms. The van der Waals surface area contributed by atoms with E-state index in [9.17, 15) is 24.0 Å². The number of aryl methyl sites for hydroxylation is 1. The summed E-state index contributed by atoms with van der Waals surface area (Å²) in [5.74, 6) is -2.52. The maximum absolute atomic E-state index is 15.1. The number of carbonyl (C=O) groups is 4. The maximum Gasteiger partial charge on any atom is 0.226 e. The van der Waals surface area contributed by atoms with Crippen molar-refractivity contribution in [2.45, 2.75) is 20.4 Å². The lowest BCUT2D eigenvalue weighted by Crippen LogP contribution is -2.48. The number of anilines is 1. The monoisotopic (exact) mass is 477 g/mol. The van der Waals surface area contributed by atoms with Crippen molar-refractivity contribution in [1.82, 2.24) is 9.47 Å². The molecule has 2 aliphatic rings. The standard InChI is InChI=1S/C26H24FN3O5/c1-3-28-15-19(23(32)6-4-17-5-7-24(33)25(34)12-17)26(35)18-13-20(27)22(14-21(18)28)30-10-8-29(9-11-30)16(2)31/h4-7,12-15H,3,8-11H2,1-2H3. The van der Waals surface area contributed by atoms with Gasteiger partial charge in [0.15, 0.2) is 5.78 Å². The van der Waals surface area contributed by atoms with Gasteiger partial charge < -0.3 is 14.4 Å². The number of pyridine rings is 1. The van der Waals surface area contributed by atoms with E-state index in [1.807, 2.05) is 11.8 Å². The van der Waals surface area contributed by atoms with E-state index in [2.05, 4.69) is 0 Å². The summed E-state index contributed by atoms with van der Waals surface area (Å²) in [5, 5.41) is 0.0901. The molecule has 0 N–H and O–H groups in total. The van der Waals surface area contributed by atoms with Crippen molar-refractivity contribution in [3.63, 3.8) is 0 Å². The van der Waals surface area contributed by atoms with Crippen molar-refractivity contribution < 1.29 is 23.6 Å². The minimum absolute atomic E-state index is 0.0226. The summed E-state index contributed by atoms with van der Waals surface area (Å²) in [6, 6.07) is 2.77. The van der Waals surface area contributed by atoms with Crippen molar-refractivity contribution in [1.29, 1.82) is 0 Å². The molecule has 1 amide bonds. The lowest BCUT2D eigenvalue weighted by atomic mass is 10.0. The Balaban J connectivity index is 1.68. The number of ketones is 3. The first-order valence-corrected chi connectivity index (χ1v) is 11.3. The van der Waals surface area contributed by atoms with Crippen LogP contribution in [0.4, 0.5) is 10.1 Å². The smallest absolute Gasteiger partial charge is 0.226 e. The van der Waals surface area contributed by atoms with Crippen LogP contribution in [-0.2, 0) is 20.9 Å². The SMILES string of the molecule is CCn1cc(C(=O)C=CC2=CC(=O)C(=O)C=C2)c(=O)c2cc(F)c(N3CCN(C(C)=O)CC3)cc21. The molecule has 1 aromatic heterocycles. The van der Waals surface area contributed by atoms with E-state index in [-0.39, 0.29) is 16.9 Å². The molecule has 1 saturated heterocycles. The summed E-state index contributed by atoms with van der Waals surface area (Å²) in [4.78, 5) is 63.9. The van der Waals surface area contributed by atoms with Crippen LogP contribution in [0.1, 0.15) is 24.2 Å². The molecule has 1 aliphatic heterocycles. The van der Waals surface area contributed by atoms with Crippen molar-refractivity contribution in [2.24, 2.45) is 0 Å². The molecule has 8 nitrogen and oxygen atoms in total. The predicted molar refractivity (Wildman–Crippen MR) is 129 cm³/mol. The minimum Gasteiger partial charge on any atom is -0.366 e. The van der Waals surface area contributed by atoms with Crippen molar-refractivity contribution in [3.05, 3.63) is 75.9 Å². The third kappa shape index (κ3) is 4.75. The van der Waals surface area contributed by atoms with Gasteiger partial charge in [-0.2, -0.15) is 0 Å². The zero-order valence-electron chi connectivity index (χ0n) is 19.4. The molecule has 180 valence electrons. The van der Waals surface area contributed by atoms with Gasteiger partial charge in [0, 0.05) is 51.2 Å². The summed E-state index contributed by atoms with van der Waals surface area (Å²) >= 11 is 0. The summed E-state index contributed by atoms with van der Waals surface area (Å²) < 4.78 is 16.8. The van der Waals surface area contributed by atoms with Crippen LogP contribution in [0.3, 0.4) is 0 Å². The van der Waals surface area contributed by atoms with Gasteiger partial charge in [-0.1, -0.05) is 12.2 Å². The molecule has 2 aromatic rings. The highest BCUT2D eigenvalue weighted by Crippen LogP contribution is 2.26. The Bertz CT molecular complexity index is 1410. The summed E-state index contributed by atoms with van der Waals surface area (Å²) in [5.41, 5.74) is 0.494. The van der Waals surface area contributed by atoms with E-state index in [4.69, 9.17) is 0 Å². The molecule has 0 atom stereocenters. The molecule has 1 fully saturated rings. The van der Waals surface area contributed by atoms with Crippen molar-refractivity contribution in [3.8, 4) is 0 Å². The largest absolute Gasteiger partial charge is 0.366 e. The van der Waals surface area contributed by atoms with Crippen molar-refractivity contribution in [2.75, 3.05) is 31.1 Å². The number of aromatic nitrogens is 1. The number of allylic oxidation sites excluding steroid dienone is 6. The van der Waals surface area contributed by atoms with Gasteiger partial charge in [0.2, 0.25) is 22.9 Å². The number of hydrogen-bond acceptors (Lipinski definition) is 6. The molecule has 9 heteroatoms. The molecule has 0 saturated carbocycles. The summed E-state index contributed by atoms with van der Waals surface area (Å²) in [6.07, 6.45) is 7.60. The fourth-order valence-corrected chi connectivity index (χ4v) is 4.23. The lowest BCUT2D eigenvalue weighted by Gasteiger charge is -2.36. The van der Waals surface area contributed by atoms with Gasteiger partial charge in [0.1, 0.15) is 5.82 Å². The maximum atomic E-state index is 15.1. The first kappa shape index (κ1) is 24.0. The lowest BCUT2D eigenvalue weighted by molar-refractivity contribution is -0.131. The van der Waals surface area contributed by atoms with Gasteiger partial charge in [0.05, 0.1) is 16.8 Å². The number of carbonyl (C=O) groups excluding carboxylic acids is 4. The van der Waals surface area contributed by atoms with E-state index in [0.717, 1.165) is 24.3 Å². The van der Waals surface area contributed by atoms with Gasteiger partial charge >= 0.3 is 0 Å². The van der Waals surface area contributed by atoms with Crippen LogP contribution in [0.5, 0.6) is 0 Å². The molecule has 0 radical (unpaired) electrons. The molecular formula is C26H24FN3O5. The van der Waals surface area contributed by atoms with E-state index in [1.54, 1.807) is 15.5 Å². The number of piperazine rings is 1. The average Bonchev–Trinajstić information content (AvgIpc) is 2.85. The van der Waals surface area contributed by atoms with Crippen LogP contribution >= 0.6 is 0 Å². The molecule has 2 heterocycles. The molecule has 1 aromatic carbocycles. The highest BCUT2D eigenvalue weighted by Gasteiger charge is 2.23. The number of hydrogen-bond donors (Lipinski definition) is 0. The van der Waals surface area contributed by atoms with E-state index < -0.39 is 28.6 Å². The first-order chi connectivity index (χ1) is 16.7. The van der Waals surface area contributed by atoms with Crippen LogP contribution in [-0.4, -0.2) is 58.9 Å². The molecule has 4 rings (SSSR count). The normalized spacial score (nSPS) is 16.4. The van der Waals surface area contributed by atoms with Gasteiger partial charge in [-0.3, -0.25) is 24.0 Å². The van der Waals surface area contributed by atoms with Gasteiger partial charge in [-0.25, -0.2) is 4.39 Å². The molecular weight excluding hydrogens is 453 g/mol. The number of amides is 1. The van der Waals surface area contributed by atoms with E-state index >= 15 is 4.39 Å². The predicted octanol–water partition coefficient (Wildman–Crippen LogP) is 2.20. The number of nitrogens with zero attached hydrogens (tertiary/aromatic N) is 3. The second kappa shape index (κ2) is 9.61. The van der Waals surface area contributed by atoms with Gasteiger partial charge in [-0.05, 0) is 42.9 Å². The number of halogens is 1. The fourth-order valence-electron chi connectivity index (χ4n) is 4.23. The van der Waals surface area contributed by atoms with Crippen LogP contribution < -0.4 is 10.3 Å². The highest BCUT2D eigenvalue weighted by molar-refractivity contribution is 6.46. The second-order valence-electron chi connectivity index (χ2n) is 8.38. The number of fused-ring (bicyclic) bond motifs is 1. The second-order valence-corrected chi connectivity index (χ2v) is 8.38. The van der Waals surface area contributed by atoms with Crippen LogP contribution in [0, 0.1) is 5.82 Å².